The molecule has 2 aliphatic rings. The molecule has 12 nitrogen and oxygen atoms in total. The number of carbonyl (C=O) groups excluding carboxylic acids is 5. The largest absolute Gasteiger partial charge is 0.444 e. The van der Waals surface area contributed by atoms with E-state index in [1.54, 1.807) is 46.0 Å². The zero-order valence-electron chi connectivity index (χ0n) is 21.6. The maximum atomic E-state index is 13.1. The molecule has 3 rings (SSSR count). The lowest BCUT2D eigenvalue weighted by atomic mass is 10.0. The number of carbonyl (C=O) groups is 5. The van der Waals surface area contributed by atoms with Gasteiger partial charge in [-0.05, 0) is 39.3 Å². The molecule has 1 atom stereocenters. The van der Waals surface area contributed by atoms with Gasteiger partial charge in [-0.2, -0.15) is 0 Å². The standard InChI is InChI=1S/C25H34N4O8/c1-25(2,3)37-24(34)28(4)11-13-36-15-14-35-12-10-26-17-7-5-6-16-20(17)23(33)29(22(16)32)18-8-9-19(30)27-21(18)31/h5-7,18,26H,8-15H2,1-4H3,(H,27,30,31). The minimum atomic E-state index is -1.01. The molecule has 2 heterocycles. The predicted molar refractivity (Wildman–Crippen MR) is 132 cm³/mol. The Hall–Kier alpha value is -3.51. The first-order chi connectivity index (χ1) is 17.5. The number of fused-ring (bicyclic) bond motifs is 1. The topological polar surface area (TPSA) is 144 Å². The fraction of sp³-hybridized carbons (Fsp3) is 0.560. The van der Waals surface area contributed by atoms with Crippen molar-refractivity contribution in [3.8, 4) is 0 Å². The Morgan fingerprint density at radius 3 is 2.46 bits per heavy atom. The molecular formula is C25H34N4O8. The summed E-state index contributed by atoms with van der Waals surface area (Å²) in [6.07, 6.45) is -0.242. The van der Waals surface area contributed by atoms with Crippen LogP contribution in [0.4, 0.5) is 10.5 Å². The summed E-state index contributed by atoms with van der Waals surface area (Å²) in [5, 5.41) is 5.29. The van der Waals surface area contributed by atoms with Crippen molar-refractivity contribution in [3.63, 3.8) is 0 Å². The van der Waals surface area contributed by atoms with Gasteiger partial charge >= 0.3 is 6.09 Å². The minimum Gasteiger partial charge on any atom is -0.444 e. The number of rotatable bonds is 11. The Morgan fingerprint density at radius 1 is 1.08 bits per heavy atom. The monoisotopic (exact) mass is 518 g/mol. The highest BCUT2D eigenvalue weighted by atomic mass is 16.6. The first-order valence-electron chi connectivity index (χ1n) is 12.2. The van der Waals surface area contributed by atoms with Crippen LogP contribution in [0.3, 0.4) is 0 Å². The highest BCUT2D eigenvalue weighted by Gasteiger charge is 2.45. The van der Waals surface area contributed by atoms with Gasteiger partial charge in [0.25, 0.3) is 11.8 Å². The van der Waals surface area contributed by atoms with Crippen molar-refractivity contribution in [2.75, 3.05) is 51.9 Å². The number of piperidine rings is 1. The molecule has 0 spiro atoms. The number of ether oxygens (including phenoxy) is 3. The van der Waals surface area contributed by atoms with Crippen molar-refractivity contribution in [3.05, 3.63) is 29.3 Å². The van der Waals surface area contributed by atoms with Crippen molar-refractivity contribution in [2.24, 2.45) is 0 Å². The smallest absolute Gasteiger partial charge is 0.410 e. The van der Waals surface area contributed by atoms with Gasteiger partial charge in [0.05, 0.1) is 37.6 Å². The van der Waals surface area contributed by atoms with E-state index in [4.69, 9.17) is 14.2 Å². The number of nitrogens with one attached hydrogen (secondary N) is 2. The summed E-state index contributed by atoms with van der Waals surface area (Å²) in [4.78, 5) is 63.9. The van der Waals surface area contributed by atoms with Gasteiger partial charge in [-0.25, -0.2) is 4.79 Å². The van der Waals surface area contributed by atoms with Crippen LogP contribution in [0.25, 0.3) is 0 Å². The number of hydrogen-bond acceptors (Lipinski definition) is 9. The lowest BCUT2D eigenvalue weighted by Gasteiger charge is -2.27. The lowest BCUT2D eigenvalue weighted by Crippen LogP contribution is -2.54. The number of benzene rings is 1. The number of nitrogens with zero attached hydrogens (tertiary/aromatic N) is 2. The normalized spacial score (nSPS) is 17.5. The van der Waals surface area contributed by atoms with Gasteiger partial charge in [0.2, 0.25) is 11.8 Å². The zero-order chi connectivity index (χ0) is 27.2. The van der Waals surface area contributed by atoms with Crippen LogP contribution in [0.2, 0.25) is 0 Å². The van der Waals surface area contributed by atoms with Crippen molar-refractivity contribution in [2.45, 2.75) is 45.3 Å². The second-order valence-electron chi connectivity index (χ2n) is 9.73. The Kier molecular flexibility index (Phi) is 9.22. The average molecular weight is 519 g/mol. The maximum absolute atomic E-state index is 13.1. The summed E-state index contributed by atoms with van der Waals surface area (Å²) in [6, 6.07) is 3.87. The van der Waals surface area contributed by atoms with Gasteiger partial charge in [0.1, 0.15) is 11.6 Å². The van der Waals surface area contributed by atoms with Crippen molar-refractivity contribution < 1.29 is 38.2 Å². The zero-order valence-corrected chi connectivity index (χ0v) is 21.6. The first kappa shape index (κ1) is 28.1. The van der Waals surface area contributed by atoms with Crippen molar-refractivity contribution in [1.82, 2.24) is 15.1 Å². The van der Waals surface area contributed by atoms with Gasteiger partial charge in [0.15, 0.2) is 0 Å². The summed E-state index contributed by atoms with van der Waals surface area (Å²) >= 11 is 0. The molecule has 1 unspecified atom stereocenters. The number of anilines is 1. The molecule has 0 bridgehead atoms. The van der Waals surface area contributed by atoms with E-state index in [0.717, 1.165) is 4.90 Å². The predicted octanol–water partition coefficient (Wildman–Crippen LogP) is 1.40. The number of imide groups is 2. The van der Waals surface area contributed by atoms with Crippen LogP contribution in [0.5, 0.6) is 0 Å². The molecule has 0 saturated carbocycles. The van der Waals surface area contributed by atoms with E-state index in [9.17, 15) is 24.0 Å². The van der Waals surface area contributed by atoms with Gasteiger partial charge in [0, 0.05) is 32.2 Å². The second-order valence-corrected chi connectivity index (χ2v) is 9.73. The molecule has 1 fully saturated rings. The molecule has 0 radical (unpaired) electrons. The summed E-state index contributed by atoms with van der Waals surface area (Å²) in [6.45, 7) is 7.52. The molecule has 1 aromatic rings. The van der Waals surface area contributed by atoms with Crippen LogP contribution in [0.1, 0.15) is 54.3 Å². The molecule has 2 aliphatic heterocycles. The highest BCUT2D eigenvalue weighted by Crippen LogP contribution is 2.32. The van der Waals surface area contributed by atoms with Crippen LogP contribution in [-0.2, 0) is 23.8 Å². The SMILES string of the molecule is CN(CCOCCOCCNc1cccc2c1C(=O)N(C1CCC(=O)NC1=O)C2=O)C(=O)OC(C)(C)C. The highest BCUT2D eigenvalue weighted by molar-refractivity contribution is 6.25. The van der Waals surface area contributed by atoms with Crippen LogP contribution in [-0.4, -0.2) is 97.7 Å². The molecule has 202 valence electrons. The molecule has 2 N–H and O–H groups in total. The number of likely N-dealkylation sites (N-methyl/N-ethyl adjacent to an activating group) is 1. The molecule has 1 aromatic carbocycles. The van der Waals surface area contributed by atoms with Gasteiger partial charge in [-0.3, -0.25) is 29.4 Å². The average Bonchev–Trinajstić information content (AvgIpc) is 3.07. The first-order valence-corrected chi connectivity index (χ1v) is 12.2. The maximum Gasteiger partial charge on any atom is 0.410 e. The molecular weight excluding hydrogens is 484 g/mol. The minimum absolute atomic E-state index is 0.0659. The van der Waals surface area contributed by atoms with E-state index in [1.807, 2.05) is 0 Å². The number of amides is 5. The van der Waals surface area contributed by atoms with E-state index >= 15 is 0 Å². The molecule has 37 heavy (non-hydrogen) atoms. The van der Waals surface area contributed by atoms with E-state index in [-0.39, 0.29) is 24.0 Å². The molecule has 12 heteroatoms. The fourth-order valence-electron chi connectivity index (χ4n) is 3.87. The van der Waals surface area contributed by atoms with Crippen LogP contribution >= 0.6 is 0 Å². The van der Waals surface area contributed by atoms with Gasteiger partial charge in [-0.15, -0.1) is 0 Å². The van der Waals surface area contributed by atoms with Crippen LogP contribution in [0.15, 0.2) is 18.2 Å². The molecule has 0 aliphatic carbocycles. The lowest BCUT2D eigenvalue weighted by molar-refractivity contribution is -0.136. The van der Waals surface area contributed by atoms with E-state index < -0.39 is 41.4 Å². The quantitative estimate of drug-likeness (QED) is 0.328. The Balaban J connectivity index is 1.39. The van der Waals surface area contributed by atoms with E-state index in [1.165, 1.54) is 4.90 Å². The van der Waals surface area contributed by atoms with E-state index in [0.29, 0.717) is 45.2 Å². The Morgan fingerprint density at radius 2 is 1.78 bits per heavy atom. The third kappa shape index (κ3) is 7.26. The fourth-order valence-corrected chi connectivity index (χ4v) is 3.87. The summed E-state index contributed by atoms with van der Waals surface area (Å²) in [5.41, 5.74) is 0.333. The third-order valence-electron chi connectivity index (χ3n) is 5.68. The van der Waals surface area contributed by atoms with Gasteiger partial charge in [-0.1, -0.05) is 6.07 Å². The van der Waals surface area contributed by atoms with Gasteiger partial charge < -0.3 is 24.4 Å². The van der Waals surface area contributed by atoms with Crippen LogP contribution < -0.4 is 10.6 Å². The second kappa shape index (κ2) is 12.2. The van der Waals surface area contributed by atoms with Crippen LogP contribution in [0, 0.1) is 0 Å². The van der Waals surface area contributed by atoms with E-state index in [2.05, 4.69) is 10.6 Å². The van der Waals surface area contributed by atoms with Crippen molar-refractivity contribution in [1.29, 1.82) is 0 Å². The van der Waals surface area contributed by atoms with Crippen molar-refractivity contribution >= 4 is 35.4 Å². The third-order valence-corrected chi connectivity index (χ3v) is 5.68. The summed E-state index contributed by atoms with van der Waals surface area (Å²) in [5.74, 6) is -2.18. The number of hydrogen-bond donors (Lipinski definition) is 2. The molecule has 0 aromatic heterocycles. The molecule has 5 amide bonds. The Bertz CT molecular complexity index is 1050. The summed E-state index contributed by atoms with van der Waals surface area (Å²) in [7, 11) is 1.64. The Labute approximate surface area is 215 Å². The summed E-state index contributed by atoms with van der Waals surface area (Å²) < 4.78 is 16.3. The molecule has 1 saturated heterocycles.